The van der Waals surface area contributed by atoms with Gasteiger partial charge >= 0.3 is 0 Å². The van der Waals surface area contributed by atoms with E-state index in [1.165, 1.54) is 36.0 Å². The maximum Gasteiger partial charge on any atom is 0.234 e. The van der Waals surface area contributed by atoms with Crippen molar-refractivity contribution in [1.82, 2.24) is 15.1 Å². The van der Waals surface area contributed by atoms with Crippen molar-refractivity contribution in [1.29, 1.82) is 0 Å². The summed E-state index contributed by atoms with van der Waals surface area (Å²) in [5.41, 5.74) is 4.14. The Morgan fingerprint density at radius 1 is 1.00 bits per heavy atom. The molecule has 0 spiro atoms. The Morgan fingerprint density at radius 2 is 1.69 bits per heavy atom. The third kappa shape index (κ3) is 5.00. The molecule has 2 fully saturated rings. The van der Waals surface area contributed by atoms with Crippen LogP contribution in [0, 0.1) is 5.92 Å². The topological polar surface area (TPSA) is 52.7 Å². The van der Waals surface area contributed by atoms with E-state index in [-0.39, 0.29) is 17.9 Å². The van der Waals surface area contributed by atoms with E-state index >= 15 is 0 Å². The third-order valence-corrected chi connectivity index (χ3v) is 6.97. The van der Waals surface area contributed by atoms with E-state index in [1.54, 1.807) is 0 Å². The molecule has 1 atom stereocenters. The van der Waals surface area contributed by atoms with Gasteiger partial charge in [-0.25, -0.2) is 0 Å². The standard InChI is InChI=1S/C24H35N3O2/c1-18(21-9-8-19-6-2-3-7-22(19)16-21)25-23(28)17-26-14-10-20(11-15-26)24(29)27-12-4-5-13-27/h8-9,16,18,20H,2-7,10-15,17H2,1H3,(H,25,28). The summed E-state index contributed by atoms with van der Waals surface area (Å²) in [6.45, 7) is 6.04. The van der Waals surface area contributed by atoms with Crippen LogP contribution in [0.25, 0.3) is 0 Å². The Labute approximate surface area is 174 Å². The number of fused-ring (bicyclic) bond motifs is 1. The first kappa shape index (κ1) is 20.4. The van der Waals surface area contributed by atoms with Gasteiger partial charge in [0.25, 0.3) is 0 Å². The number of rotatable bonds is 5. The summed E-state index contributed by atoms with van der Waals surface area (Å²) in [4.78, 5) is 29.4. The molecular formula is C24H35N3O2. The molecule has 29 heavy (non-hydrogen) atoms. The predicted octanol–water partition coefficient (Wildman–Crippen LogP) is 3.08. The van der Waals surface area contributed by atoms with E-state index in [2.05, 4.69) is 35.3 Å². The van der Waals surface area contributed by atoms with Crippen LogP contribution < -0.4 is 5.32 Å². The van der Waals surface area contributed by atoms with Crippen molar-refractivity contribution < 1.29 is 9.59 Å². The highest BCUT2D eigenvalue weighted by Gasteiger charge is 2.30. The van der Waals surface area contributed by atoms with E-state index in [0.29, 0.717) is 12.5 Å². The van der Waals surface area contributed by atoms with Crippen molar-refractivity contribution in [2.75, 3.05) is 32.7 Å². The van der Waals surface area contributed by atoms with Crippen LogP contribution in [0.5, 0.6) is 0 Å². The minimum atomic E-state index is 0.0315. The number of nitrogens with one attached hydrogen (secondary N) is 1. The molecule has 1 aromatic carbocycles. The van der Waals surface area contributed by atoms with Crippen LogP contribution in [-0.4, -0.2) is 54.3 Å². The molecule has 3 aliphatic rings. The summed E-state index contributed by atoms with van der Waals surface area (Å²) < 4.78 is 0. The molecule has 2 saturated heterocycles. The highest BCUT2D eigenvalue weighted by Crippen LogP contribution is 2.25. The van der Waals surface area contributed by atoms with Crippen molar-refractivity contribution in [3.63, 3.8) is 0 Å². The van der Waals surface area contributed by atoms with E-state index in [4.69, 9.17) is 0 Å². The van der Waals surface area contributed by atoms with Crippen molar-refractivity contribution in [2.24, 2.45) is 5.92 Å². The molecule has 1 N–H and O–H groups in total. The summed E-state index contributed by atoms with van der Waals surface area (Å²) in [6.07, 6.45) is 8.96. The van der Waals surface area contributed by atoms with Crippen LogP contribution in [0.4, 0.5) is 0 Å². The number of piperidine rings is 1. The van der Waals surface area contributed by atoms with Gasteiger partial charge in [0.05, 0.1) is 12.6 Å². The number of benzene rings is 1. The van der Waals surface area contributed by atoms with Gasteiger partial charge in [-0.05, 0) is 88.1 Å². The average molecular weight is 398 g/mol. The van der Waals surface area contributed by atoms with Gasteiger partial charge in [-0.1, -0.05) is 18.2 Å². The Hall–Kier alpha value is -1.88. The lowest BCUT2D eigenvalue weighted by Crippen LogP contribution is -2.45. The number of nitrogens with zero attached hydrogens (tertiary/aromatic N) is 2. The number of carbonyl (C=O) groups excluding carboxylic acids is 2. The number of carbonyl (C=O) groups is 2. The lowest BCUT2D eigenvalue weighted by Gasteiger charge is -2.33. The molecule has 2 heterocycles. The van der Waals surface area contributed by atoms with Crippen molar-refractivity contribution in [3.05, 3.63) is 34.9 Å². The Kier molecular flexibility index (Phi) is 6.53. The van der Waals surface area contributed by atoms with E-state index < -0.39 is 0 Å². The molecule has 4 rings (SSSR count). The van der Waals surface area contributed by atoms with Crippen LogP contribution >= 0.6 is 0 Å². The fourth-order valence-corrected chi connectivity index (χ4v) is 5.13. The SMILES string of the molecule is CC(NC(=O)CN1CCC(C(=O)N2CCCC2)CC1)c1ccc2c(c1)CCCC2. The number of amides is 2. The summed E-state index contributed by atoms with van der Waals surface area (Å²) >= 11 is 0. The maximum absolute atomic E-state index is 12.6. The zero-order chi connectivity index (χ0) is 20.2. The van der Waals surface area contributed by atoms with Crippen LogP contribution in [0.1, 0.15) is 68.2 Å². The molecule has 5 heteroatoms. The zero-order valence-electron chi connectivity index (χ0n) is 17.8. The molecule has 5 nitrogen and oxygen atoms in total. The number of aryl methyl sites for hydroxylation is 2. The van der Waals surface area contributed by atoms with Crippen LogP contribution in [0.3, 0.4) is 0 Å². The first-order valence-electron chi connectivity index (χ1n) is 11.5. The highest BCUT2D eigenvalue weighted by molar-refractivity contribution is 5.80. The average Bonchev–Trinajstić information content (AvgIpc) is 3.28. The second-order valence-corrected chi connectivity index (χ2v) is 9.11. The summed E-state index contributed by atoms with van der Waals surface area (Å²) in [7, 11) is 0. The predicted molar refractivity (Wildman–Crippen MR) is 115 cm³/mol. The van der Waals surface area contributed by atoms with Gasteiger partial charge in [0.1, 0.15) is 0 Å². The van der Waals surface area contributed by atoms with E-state index in [9.17, 15) is 9.59 Å². The Morgan fingerprint density at radius 3 is 2.41 bits per heavy atom. The van der Waals surface area contributed by atoms with Gasteiger partial charge in [0, 0.05) is 19.0 Å². The Bertz CT molecular complexity index is 734. The monoisotopic (exact) mass is 397 g/mol. The fourth-order valence-electron chi connectivity index (χ4n) is 5.13. The smallest absolute Gasteiger partial charge is 0.234 e. The van der Waals surface area contributed by atoms with E-state index in [1.807, 2.05) is 4.90 Å². The lowest BCUT2D eigenvalue weighted by atomic mass is 9.89. The van der Waals surface area contributed by atoms with Crippen molar-refractivity contribution in [2.45, 2.75) is 64.3 Å². The zero-order valence-corrected chi connectivity index (χ0v) is 17.8. The molecule has 2 aliphatic heterocycles. The molecular weight excluding hydrogens is 362 g/mol. The maximum atomic E-state index is 12.6. The third-order valence-electron chi connectivity index (χ3n) is 6.97. The largest absolute Gasteiger partial charge is 0.348 e. The molecule has 158 valence electrons. The van der Waals surface area contributed by atoms with Gasteiger partial charge in [-0.2, -0.15) is 0 Å². The quantitative estimate of drug-likeness (QED) is 0.831. The minimum Gasteiger partial charge on any atom is -0.348 e. The minimum absolute atomic E-state index is 0.0315. The van der Waals surface area contributed by atoms with E-state index in [0.717, 1.165) is 58.3 Å². The first-order chi connectivity index (χ1) is 14.1. The van der Waals surface area contributed by atoms with Crippen LogP contribution in [0.15, 0.2) is 18.2 Å². The molecule has 2 amide bonds. The number of hydrogen-bond donors (Lipinski definition) is 1. The normalized spacial score (nSPS) is 21.6. The molecule has 0 aromatic heterocycles. The summed E-state index contributed by atoms with van der Waals surface area (Å²) in [5.74, 6) is 0.578. The molecule has 0 saturated carbocycles. The fraction of sp³-hybridized carbons (Fsp3) is 0.667. The van der Waals surface area contributed by atoms with Crippen LogP contribution in [-0.2, 0) is 22.4 Å². The van der Waals surface area contributed by atoms with Gasteiger partial charge < -0.3 is 10.2 Å². The summed E-state index contributed by atoms with van der Waals surface area (Å²) in [6, 6.07) is 6.73. The molecule has 1 aliphatic carbocycles. The molecule has 0 bridgehead atoms. The van der Waals surface area contributed by atoms with Crippen LogP contribution in [0.2, 0.25) is 0 Å². The van der Waals surface area contributed by atoms with Gasteiger partial charge in [0.2, 0.25) is 11.8 Å². The second kappa shape index (κ2) is 9.29. The molecule has 1 unspecified atom stereocenters. The van der Waals surface area contributed by atoms with Crippen molar-refractivity contribution in [3.8, 4) is 0 Å². The first-order valence-corrected chi connectivity index (χ1v) is 11.5. The van der Waals surface area contributed by atoms with Gasteiger partial charge in [0.15, 0.2) is 0 Å². The summed E-state index contributed by atoms with van der Waals surface area (Å²) in [5, 5.41) is 3.17. The lowest BCUT2D eigenvalue weighted by molar-refractivity contribution is -0.136. The number of likely N-dealkylation sites (tertiary alicyclic amines) is 2. The number of hydrogen-bond acceptors (Lipinski definition) is 3. The molecule has 0 radical (unpaired) electrons. The van der Waals surface area contributed by atoms with Crippen molar-refractivity contribution >= 4 is 11.8 Å². The van der Waals surface area contributed by atoms with Gasteiger partial charge in [-0.3, -0.25) is 14.5 Å². The molecule has 1 aromatic rings. The second-order valence-electron chi connectivity index (χ2n) is 9.11. The highest BCUT2D eigenvalue weighted by atomic mass is 16.2. The van der Waals surface area contributed by atoms with Gasteiger partial charge in [-0.15, -0.1) is 0 Å². The Balaban J connectivity index is 1.23.